The van der Waals surface area contributed by atoms with E-state index in [9.17, 15) is 14.4 Å². The SMILES string of the molecule is COC(=O)c1sc(C(=O)N2CCC(c3cccc(CN)c3)CC2)c2c1C(=O)CC(C)(C)C2. The Hall–Kier alpha value is -2.51. The van der Waals surface area contributed by atoms with E-state index in [0.717, 1.165) is 35.3 Å². The fraction of sp³-hybridized carbons (Fsp3) is 0.480. The third-order valence-corrected chi connectivity index (χ3v) is 7.79. The highest BCUT2D eigenvalue weighted by Crippen LogP contribution is 2.42. The van der Waals surface area contributed by atoms with Crippen molar-refractivity contribution in [2.45, 2.75) is 52.0 Å². The van der Waals surface area contributed by atoms with Crippen molar-refractivity contribution in [2.24, 2.45) is 11.1 Å². The fourth-order valence-electron chi connectivity index (χ4n) is 4.94. The summed E-state index contributed by atoms with van der Waals surface area (Å²) in [5.74, 6) is -0.308. The van der Waals surface area contributed by atoms with Crippen molar-refractivity contribution < 1.29 is 19.1 Å². The van der Waals surface area contributed by atoms with E-state index < -0.39 is 5.97 Å². The van der Waals surface area contributed by atoms with Gasteiger partial charge in [-0.1, -0.05) is 38.1 Å². The molecule has 2 N–H and O–H groups in total. The van der Waals surface area contributed by atoms with Gasteiger partial charge in [-0.15, -0.1) is 11.3 Å². The molecule has 1 fully saturated rings. The summed E-state index contributed by atoms with van der Waals surface area (Å²) in [6, 6.07) is 8.37. The molecule has 1 aliphatic heterocycles. The Labute approximate surface area is 192 Å². The van der Waals surface area contributed by atoms with E-state index in [2.05, 4.69) is 12.1 Å². The molecule has 0 radical (unpaired) electrons. The van der Waals surface area contributed by atoms with Gasteiger partial charge in [0.25, 0.3) is 5.91 Å². The highest BCUT2D eigenvalue weighted by atomic mass is 32.1. The number of methoxy groups -OCH3 is 1. The zero-order chi connectivity index (χ0) is 23.0. The molecule has 170 valence electrons. The molecule has 0 spiro atoms. The Balaban J connectivity index is 1.58. The number of benzene rings is 1. The van der Waals surface area contributed by atoms with Crippen LogP contribution in [0.3, 0.4) is 0 Å². The number of piperidine rings is 1. The molecule has 0 saturated carbocycles. The molecule has 2 aromatic rings. The number of ether oxygens (including phenoxy) is 1. The maximum Gasteiger partial charge on any atom is 0.348 e. The first-order chi connectivity index (χ1) is 15.2. The van der Waals surface area contributed by atoms with Crippen LogP contribution in [-0.4, -0.2) is 42.8 Å². The van der Waals surface area contributed by atoms with Gasteiger partial charge in [0.15, 0.2) is 5.78 Å². The highest BCUT2D eigenvalue weighted by molar-refractivity contribution is 7.16. The molecular weight excluding hydrogens is 424 g/mol. The predicted octanol–water partition coefficient (Wildman–Crippen LogP) is 4.17. The number of nitrogens with zero attached hydrogens (tertiary/aromatic N) is 1. The van der Waals surface area contributed by atoms with Crippen LogP contribution in [0.5, 0.6) is 0 Å². The van der Waals surface area contributed by atoms with Crippen LogP contribution < -0.4 is 5.73 Å². The van der Waals surface area contributed by atoms with Gasteiger partial charge in [0.1, 0.15) is 4.88 Å². The first-order valence-electron chi connectivity index (χ1n) is 11.1. The molecule has 1 aromatic carbocycles. The number of amides is 1. The van der Waals surface area contributed by atoms with Crippen LogP contribution in [0.4, 0.5) is 0 Å². The largest absolute Gasteiger partial charge is 0.465 e. The van der Waals surface area contributed by atoms with E-state index in [1.54, 1.807) is 0 Å². The maximum absolute atomic E-state index is 13.5. The molecule has 6 nitrogen and oxygen atoms in total. The number of likely N-dealkylation sites (tertiary alicyclic amines) is 1. The lowest BCUT2D eigenvalue weighted by atomic mass is 9.73. The van der Waals surface area contributed by atoms with Crippen molar-refractivity contribution in [1.29, 1.82) is 0 Å². The summed E-state index contributed by atoms with van der Waals surface area (Å²) in [5.41, 5.74) is 9.06. The zero-order valence-electron chi connectivity index (χ0n) is 18.9. The highest BCUT2D eigenvalue weighted by Gasteiger charge is 2.40. The van der Waals surface area contributed by atoms with Crippen LogP contribution in [0.1, 0.15) is 85.4 Å². The lowest BCUT2D eigenvalue weighted by Gasteiger charge is -2.33. The Bertz CT molecular complexity index is 1060. The normalized spacial score (nSPS) is 18.4. The standard InChI is InChI=1S/C25H30N2O4S/c1-25(2)12-18-20(19(28)13-25)22(24(30)31-3)32-21(18)23(29)27-9-7-16(8-10-27)17-6-4-5-15(11-17)14-26/h4-6,11,16H,7-10,12-14,26H2,1-3H3. The molecule has 4 rings (SSSR count). The topological polar surface area (TPSA) is 89.7 Å². The minimum absolute atomic E-state index is 0.0783. The number of nitrogens with two attached hydrogens (primary N) is 1. The van der Waals surface area contributed by atoms with Crippen LogP contribution >= 0.6 is 11.3 Å². The Morgan fingerprint density at radius 2 is 1.91 bits per heavy atom. The first-order valence-corrected chi connectivity index (χ1v) is 11.9. The number of rotatable bonds is 4. The minimum atomic E-state index is -0.545. The van der Waals surface area contributed by atoms with Crippen LogP contribution in [0, 0.1) is 5.41 Å². The quantitative estimate of drug-likeness (QED) is 0.701. The second-order valence-corrected chi connectivity index (χ2v) is 10.6. The van der Waals surface area contributed by atoms with E-state index in [4.69, 9.17) is 10.5 Å². The van der Waals surface area contributed by atoms with Crippen molar-refractivity contribution in [3.63, 3.8) is 0 Å². The summed E-state index contributed by atoms with van der Waals surface area (Å²) in [4.78, 5) is 41.4. The monoisotopic (exact) mass is 454 g/mol. The predicted molar refractivity (Wildman–Crippen MR) is 124 cm³/mol. The second kappa shape index (κ2) is 8.79. The number of thiophene rings is 1. The number of carbonyl (C=O) groups is 3. The molecule has 1 aliphatic carbocycles. The molecule has 0 unspecified atom stereocenters. The smallest absolute Gasteiger partial charge is 0.348 e. The summed E-state index contributed by atoms with van der Waals surface area (Å²) in [6.45, 7) is 5.87. The Morgan fingerprint density at radius 3 is 2.56 bits per heavy atom. The van der Waals surface area contributed by atoms with Crippen molar-refractivity contribution in [1.82, 2.24) is 4.90 Å². The van der Waals surface area contributed by atoms with E-state index in [0.29, 0.717) is 48.8 Å². The molecule has 0 bridgehead atoms. The van der Waals surface area contributed by atoms with Gasteiger partial charge in [-0.3, -0.25) is 9.59 Å². The molecule has 2 heterocycles. The second-order valence-electron chi connectivity index (χ2n) is 9.56. The van der Waals surface area contributed by atoms with Gasteiger partial charge in [0.2, 0.25) is 0 Å². The average molecular weight is 455 g/mol. The third kappa shape index (κ3) is 4.24. The molecule has 1 aromatic heterocycles. The van der Waals surface area contributed by atoms with Gasteiger partial charge in [0, 0.05) is 31.6 Å². The molecule has 1 saturated heterocycles. The Kier molecular flexibility index (Phi) is 6.23. The summed E-state index contributed by atoms with van der Waals surface area (Å²) >= 11 is 1.12. The maximum atomic E-state index is 13.5. The number of ketones is 1. The minimum Gasteiger partial charge on any atom is -0.465 e. The van der Waals surface area contributed by atoms with E-state index >= 15 is 0 Å². The molecule has 32 heavy (non-hydrogen) atoms. The van der Waals surface area contributed by atoms with E-state index in [1.165, 1.54) is 12.7 Å². The van der Waals surface area contributed by atoms with Gasteiger partial charge >= 0.3 is 5.97 Å². The zero-order valence-corrected chi connectivity index (χ0v) is 19.7. The van der Waals surface area contributed by atoms with Gasteiger partial charge in [-0.25, -0.2) is 4.79 Å². The number of hydrogen-bond acceptors (Lipinski definition) is 6. The third-order valence-electron chi connectivity index (χ3n) is 6.59. The van der Waals surface area contributed by atoms with Crippen molar-refractivity contribution in [2.75, 3.05) is 20.2 Å². The molecular formula is C25H30N2O4S. The van der Waals surface area contributed by atoms with Gasteiger partial charge in [0.05, 0.1) is 12.0 Å². The lowest BCUT2D eigenvalue weighted by molar-refractivity contribution is 0.0600. The first kappa shape index (κ1) is 22.7. The van der Waals surface area contributed by atoms with Crippen LogP contribution in [0.2, 0.25) is 0 Å². The van der Waals surface area contributed by atoms with Crippen LogP contribution in [0.15, 0.2) is 24.3 Å². The number of carbonyl (C=O) groups excluding carboxylic acids is 3. The van der Waals surface area contributed by atoms with Crippen LogP contribution in [-0.2, 0) is 17.7 Å². The molecule has 7 heteroatoms. The van der Waals surface area contributed by atoms with E-state index in [-0.39, 0.29) is 22.0 Å². The summed E-state index contributed by atoms with van der Waals surface area (Å²) in [5, 5.41) is 0. The Morgan fingerprint density at radius 1 is 1.19 bits per heavy atom. The molecule has 1 amide bonds. The van der Waals surface area contributed by atoms with Crippen molar-refractivity contribution in [3.05, 3.63) is 56.3 Å². The van der Waals surface area contributed by atoms with Gasteiger partial charge in [-0.05, 0) is 47.3 Å². The summed E-state index contributed by atoms with van der Waals surface area (Å²) in [7, 11) is 1.30. The van der Waals surface area contributed by atoms with Gasteiger partial charge in [-0.2, -0.15) is 0 Å². The van der Waals surface area contributed by atoms with Gasteiger partial charge < -0.3 is 15.4 Å². The van der Waals surface area contributed by atoms with Crippen molar-refractivity contribution in [3.8, 4) is 0 Å². The molecule has 0 atom stereocenters. The summed E-state index contributed by atoms with van der Waals surface area (Å²) in [6.07, 6.45) is 2.72. The van der Waals surface area contributed by atoms with E-state index in [1.807, 2.05) is 30.9 Å². The van der Waals surface area contributed by atoms with Crippen molar-refractivity contribution >= 4 is 29.0 Å². The average Bonchev–Trinajstić information content (AvgIpc) is 3.16. The van der Waals surface area contributed by atoms with Crippen LogP contribution in [0.25, 0.3) is 0 Å². The number of hydrogen-bond donors (Lipinski definition) is 1. The number of fused-ring (bicyclic) bond motifs is 1. The number of Topliss-reactive ketones (excluding diaryl/α,β-unsaturated/α-hetero) is 1. The molecule has 2 aliphatic rings. The fourth-order valence-corrected chi connectivity index (χ4v) is 6.16. The number of esters is 1. The summed E-state index contributed by atoms with van der Waals surface area (Å²) < 4.78 is 4.91. The lowest BCUT2D eigenvalue weighted by Crippen LogP contribution is -2.38.